The lowest BCUT2D eigenvalue weighted by Crippen LogP contribution is -2.10. The second-order valence-corrected chi connectivity index (χ2v) is 2.32. The Balaban J connectivity index is 3.99. The van der Waals surface area contributed by atoms with Crippen molar-refractivity contribution in [3.63, 3.8) is 0 Å². The Kier molecular flexibility index (Phi) is 6.13. The lowest BCUT2D eigenvalue weighted by molar-refractivity contribution is -0.141. The number of ether oxygens (including phenoxy) is 2. The Morgan fingerprint density at radius 3 is 2.43 bits per heavy atom. The highest BCUT2D eigenvalue weighted by Crippen LogP contribution is 1.98. The van der Waals surface area contributed by atoms with E-state index in [9.17, 15) is 9.59 Å². The zero-order valence-electron chi connectivity index (χ0n) is 7.73. The fourth-order valence-electron chi connectivity index (χ4n) is 0.586. The van der Waals surface area contributed by atoms with Gasteiger partial charge in [-0.3, -0.25) is 0 Å². The van der Waals surface area contributed by atoms with E-state index in [0.29, 0.717) is 12.7 Å². The van der Waals surface area contributed by atoms with Gasteiger partial charge < -0.3 is 19.7 Å². The first-order valence-electron chi connectivity index (χ1n) is 3.96. The molecule has 0 radical (unpaired) electrons. The van der Waals surface area contributed by atoms with Gasteiger partial charge in [0, 0.05) is 0 Å². The number of rotatable bonds is 7. The minimum Gasteiger partial charge on any atom is -0.478 e. The Hall–Kier alpha value is -1.56. The molecule has 0 amide bonds. The molecule has 80 valence electrons. The average molecular weight is 204 g/mol. The SMILES string of the molecule is CCCOCO/C(=C/C(=O)O)C(=O)O. The topological polar surface area (TPSA) is 93.1 Å². The molecule has 0 aliphatic heterocycles. The van der Waals surface area contributed by atoms with Gasteiger partial charge in [0.25, 0.3) is 0 Å². The first-order chi connectivity index (χ1) is 6.57. The van der Waals surface area contributed by atoms with Crippen molar-refractivity contribution in [2.45, 2.75) is 13.3 Å². The van der Waals surface area contributed by atoms with Crippen LogP contribution in [0, 0.1) is 0 Å². The van der Waals surface area contributed by atoms with Gasteiger partial charge in [-0.25, -0.2) is 9.59 Å². The molecule has 2 N–H and O–H groups in total. The molecule has 6 nitrogen and oxygen atoms in total. The van der Waals surface area contributed by atoms with Gasteiger partial charge in [0.1, 0.15) is 0 Å². The Labute approximate surface area is 80.7 Å². The highest BCUT2D eigenvalue weighted by Gasteiger charge is 2.10. The largest absolute Gasteiger partial charge is 0.478 e. The van der Waals surface area contributed by atoms with Crippen molar-refractivity contribution in [3.05, 3.63) is 11.8 Å². The highest BCUT2D eigenvalue weighted by atomic mass is 16.7. The summed E-state index contributed by atoms with van der Waals surface area (Å²) in [6.07, 6.45) is 1.24. The van der Waals surface area contributed by atoms with Crippen molar-refractivity contribution >= 4 is 11.9 Å². The van der Waals surface area contributed by atoms with Crippen molar-refractivity contribution in [2.24, 2.45) is 0 Å². The second kappa shape index (κ2) is 6.90. The molecule has 0 rings (SSSR count). The van der Waals surface area contributed by atoms with Crippen LogP contribution in [0.4, 0.5) is 0 Å². The smallest absolute Gasteiger partial charge is 0.371 e. The van der Waals surface area contributed by atoms with Crippen LogP contribution >= 0.6 is 0 Å². The van der Waals surface area contributed by atoms with E-state index >= 15 is 0 Å². The summed E-state index contributed by atoms with van der Waals surface area (Å²) in [6, 6.07) is 0. The first kappa shape index (κ1) is 12.4. The molecule has 0 heterocycles. The van der Waals surface area contributed by atoms with Gasteiger partial charge in [0.05, 0.1) is 12.7 Å². The number of hydrogen-bond donors (Lipinski definition) is 2. The summed E-state index contributed by atoms with van der Waals surface area (Å²) in [5.74, 6) is -3.46. The summed E-state index contributed by atoms with van der Waals surface area (Å²) in [5.41, 5.74) is 0. The Morgan fingerprint density at radius 2 is 2.00 bits per heavy atom. The normalized spacial score (nSPS) is 11.1. The van der Waals surface area contributed by atoms with Crippen LogP contribution in [-0.4, -0.2) is 35.6 Å². The highest BCUT2D eigenvalue weighted by molar-refractivity contribution is 5.92. The van der Waals surface area contributed by atoms with Crippen molar-refractivity contribution in [1.29, 1.82) is 0 Å². The van der Waals surface area contributed by atoms with Crippen LogP contribution in [0.2, 0.25) is 0 Å². The monoisotopic (exact) mass is 204 g/mol. The van der Waals surface area contributed by atoms with Crippen LogP contribution in [0.1, 0.15) is 13.3 Å². The van der Waals surface area contributed by atoms with Crippen molar-refractivity contribution in [1.82, 2.24) is 0 Å². The van der Waals surface area contributed by atoms with Gasteiger partial charge in [0.15, 0.2) is 6.79 Å². The molecule has 0 spiro atoms. The summed E-state index contributed by atoms with van der Waals surface area (Å²) in [5, 5.41) is 16.7. The lowest BCUT2D eigenvalue weighted by Gasteiger charge is -2.05. The molecular weight excluding hydrogens is 192 g/mol. The molecule has 0 unspecified atom stereocenters. The minimum atomic E-state index is -1.44. The summed E-state index contributed by atoms with van der Waals surface area (Å²) in [4.78, 5) is 20.5. The third-order valence-corrected chi connectivity index (χ3v) is 1.11. The van der Waals surface area contributed by atoms with Crippen LogP contribution in [0.3, 0.4) is 0 Å². The summed E-state index contributed by atoms with van der Waals surface area (Å²) in [6.45, 7) is 2.05. The van der Waals surface area contributed by atoms with Gasteiger partial charge >= 0.3 is 11.9 Å². The standard InChI is InChI=1S/C8H12O6/c1-2-3-13-5-14-6(8(11)12)4-7(9)10/h4H,2-3,5H2,1H3,(H,9,10)(H,11,12)/b6-4+. The Morgan fingerprint density at radius 1 is 1.36 bits per heavy atom. The number of hydrogen-bond acceptors (Lipinski definition) is 4. The third-order valence-electron chi connectivity index (χ3n) is 1.11. The van der Waals surface area contributed by atoms with Crippen LogP contribution < -0.4 is 0 Å². The summed E-state index contributed by atoms with van der Waals surface area (Å²) >= 11 is 0. The van der Waals surface area contributed by atoms with E-state index in [1.165, 1.54) is 0 Å². The maximum atomic E-state index is 10.4. The fourth-order valence-corrected chi connectivity index (χ4v) is 0.586. The molecule has 0 saturated carbocycles. The Bertz CT molecular complexity index is 232. The van der Waals surface area contributed by atoms with Crippen molar-refractivity contribution in [3.8, 4) is 0 Å². The van der Waals surface area contributed by atoms with E-state index in [0.717, 1.165) is 6.42 Å². The minimum absolute atomic E-state index is 0.265. The predicted octanol–water partition coefficient (Wildman–Crippen LogP) is 0.440. The molecule has 0 aromatic heterocycles. The molecule has 14 heavy (non-hydrogen) atoms. The molecule has 0 aliphatic carbocycles. The average Bonchev–Trinajstić information content (AvgIpc) is 2.09. The predicted molar refractivity (Wildman–Crippen MR) is 45.5 cm³/mol. The zero-order valence-corrected chi connectivity index (χ0v) is 7.73. The quantitative estimate of drug-likeness (QED) is 0.270. The number of carbonyl (C=O) groups is 2. The van der Waals surface area contributed by atoms with Gasteiger partial charge in [-0.1, -0.05) is 6.92 Å². The number of carboxylic acids is 2. The third kappa shape index (κ3) is 6.01. The fraction of sp³-hybridized carbons (Fsp3) is 0.500. The molecule has 0 fully saturated rings. The lowest BCUT2D eigenvalue weighted by atomic mass is 10.4. The number of carboxylic acid groups (broad SMARTS) is 2. The van der Waals surface area contributed by atoms with E-state index in [4.69, 9.17) is 14.9 Å². The van der Waals surface area contributed by atoms with Crippen LogP contribution in [-0.2, 0) is 19.1 Å². The van der Waals surface area contributed by atoms with Crippen LogP contribution in [0.15, 0.2) is 11.8 Å². The molecule has 0 aliphatic rings. The first-order valence-corrected chi connectivity index (χ1v) is 3.96. The van der Waals surface area contributed by atoms with Gasteiger partial charge in [-0.2, -0.15) is 0 Å². The van der Waals surface area contributed by atoms with E-state index in [2.05, 4.69) is 4.74 Å². The van der Waals surface area contributed by atoms with E-state index in [1.54, 1.807) is 0 Å². The van der Waals surface area contributed by atoms with Gasteiger partial charge in [-0.05, 0) is 6.42 Å². The maximum absolute atomic E-state index is 10.4. The van der Waals surface area contributed by atoms with E-state index in [-0.39, 0.29) is 6.79 Å². The van der Waals surface area contributed by atoms with Crippen molar-refractivity contribution < 1.29 is 29.3 Å². The molecule has 0 aromatic rings. The number of aliphatic carboxylic acids is 2. The second-order valence-electron chi connectivity index (χ2n) is 2.32. The molecule has 0 atom stereocenters. The van der Waals surface area contributed by atoms with E-state index in [1.807, 2.05) is 6.92 Å². The molecule has 6 heteroatoms. The molecule has 0 aromatic carbocycles. The van der Waals surface area contributed by atoms with Gasteiger partial charge in [0.2, 0.25) is 5.76 Å². The summed E-state index contributed by atoms with van der Waals surface area (Å²) in [7, 11) is 0. The van der Waals surface area contributed by atoms with E-state index < -0.39 is 17.7 Å². The molecule has 0 saturated heterocycles. The van der Waals surface area contributed by atoms with Crippen LogP contribution in [0.5, 0.6) is 0 Å². The maximum Gasteiger partial charge on any atom is 0.371 e. The zero-order chi connectivity index (χ0) is 11.0. The van der Waals surface area contributed by atoms with Crippen molar-refractivity contribution in [2.75, 3.05) is 13.4 Å². The van der Waals surface area contributed by atoms with Crippen LogP contribution in [0.25, 0.3) is 0 Å². The molecular formula is C8H12O6. The van der Waals surface area contributed by atoms with Gasteiger partial charge in [-0.15, -0.1) is 0 Å². The molecule has 0 bridgehead atoms. The summed E-state index contributed by atoms with van der Waals surface area (Å²) < 4.78 is 9.40.